The number of hydrogen-bond acceptors (Lipinski definition) is 7. The molecule has 0 aliphatic carbocycles. The fraction of sp³-hybridized carbons (Fsp3) is 0.360. The third-order valence-electron chi connectivity index (χ3n) is 7.25. The van der Waals surface area contributed by atoms with Gasteiger partial charge in [0.1, 0.15) is 11.6 Å². The maximum atomic E-state index is 14.7. The molecular weight excluding hydrogens is 455 g/mol. The Hall–Kier alpha value is -3.47. The zero-order valence-electron chi connectivity index (χ0n) is 18.8. The van der Waals surface area contributed by atoms with Gasteiger partial charge < -0.3 is 34.3 Å². The summed E-state index contributed by atoms with van der Waals surface area (Å²) < 4.78 is 33.8. The van der Waals surface area contributed by atoms with Gasteiger partial charge in [-0.1, -0.05) is 0 Å². The van der Waals surface area contributed by atoms with Crippen molar-refractivity contribution in [2.45, 2.75) is 31.1 Å². The Labute approximate surface area is 199 Å². The Morgan fingerprint density at radius 2 is 2.00 bits per heavy atom. The number of pyridine rings is 1. The summed E-state index contributed by atoms with van der Waals surface area (Å²) in [5, 5.41) is 7.10. The van der Waals surface area contributed by atoms with Crippen LogP contribution in [-0.4, -0.2) is 48.9 Å². The van der Waals surface area contributed by atoms with Crippen LogP contribution in [0.15, 0.2) is 47.3 Å². The van der Waals surface area contributed by atoms with Crippen molar-refractivity contribution >= 4 is 28.2 Å². The number of aromatic nitrogens is 1. The zero-order chi connectivity index (χ0) is 23.7. The highest BCUT2D eigenvalue weighted by Crippen LogP contribution is 2.46. The third kappa shape index (κ3) is 3.24. The van der Waals surface area contributed by atoms with E-state index in [0.717, 1.165) is 11.1 Å². The van der Waals surface area contributed by atoms with Crippen LogP contribution in [0, 0.1) is 5.82 Å². The van der Waals surface area contributed by atoms with Crippen LogP contribution < -0.4 is 25.8 Å². The number of rotatable bonds is 6. The molecule has 3 saturated heterocycles. The van der Waals surface area contributed by atoms with E-state index in [4.69, 9.17) is 14.2 Å². The molecule has 0 saturated carbocycles. The molecule has 3 fully saturated rings. The summed E-state index contributed by atoms with van der Waals surface area (Å²) in [7, 11) is 0. The summed E-state index contributed by atoms with van der Waals surface area (Å²) in [5.41, 5.74) is 2.72. The molecule has 6 heterocycles. The molecule has 35 heavy (non-hydrogen) atoms. The van der Waals surface area contributed by atoms with Crippen LogP contribution in [0.25, 0.3) is 10.9 Å². The summed E-state index contributed by atoms with van der Waals surface area (Å²) in [6, 6.07) is 12.1. The summed E-state index contributed by atoms with van der Waals surface area (Å²) >= 11 is 0. The molecule has 8 rings (SSSR count). The number of anilines is 2. The average Bonchev–Trinajstić information content (AvgIpc) is 3.51. The lowest BCUT2D eigenvalue weighted by atomic mass is 9.99. The second-order valence-electron chi connectivity index (χ2n) is 9.43. The van der Waals surface area contributed by atoms with Gasteiger partial charge in [-0.15, -0.1) is 0 Å². The van der Waals surface area contributed by atoms with Crippen molar-refractivity contribution in [2.24, 2.45) is 0 Å². The van der Waals surface area contributed by atoms with E-state index in [0.29, 0.717) is 55.1 Å². The molecule has 0 spiro atoms. The van der Waals surface area contributed by atoms with E-state index in [-0.39, 0.29) is 29.8 Å². The van der Waals surface area contributed by atoms with Gasteiger partial charge >= 0.3 is 0 Å². The minimum Gasteiger partial charge on any atom is -0.482 e. The fourth-order valence-electron chi connectivity index (χ4n) is 5.57. The van der Waals surface area contributed by atoms with Crippen LogP contribution in [-0.2, 0) is 20.8 Å². The average molecular weight is 478 g/mol. The molecule has 1 atom stereocenters. The number of carbonyl (C=O) groups is 1. The monoisotopic (exact) mass is 478 g/mol. The van der Waals surface area contributed by atoms with E-state index >= 15 is 0 Å². The van der Waals surface area contributed by atoms with E-state index in [1.165, 1.54) is 12.1 Å². The molecule has 3 aromatic rings. The molecule has 180 valence electrons. The van der Waals surface area contributed by atoms with E-state index < -0.39 is 12.2 Å². The van der Waals surface area contributed by atoms with Gasteiger partial charge in [-0.05, 0) is 41.8 Å². The first-order chi connectivity index (χ1) is 17.0. The van der Waals surface area contributed by atoms with Crippen LogP contribution in [0.3, 0.4) is 0 Å². The first kappa shape index (κ1) is 20.9. The first-order valence-corrected chi connectivity index (χ1v) is 11.7. The van der Waals surface area contributed by atoms with Gasteiger partial charge in [0, 0.05) is 49.3 Å². The number of hydrogen-bond donors (Lipinski definition) is 2. The molecule has 1 aromatic heterocycles. The molecule has 2 N–H and O–H groups in total. The van der Waals surface area contributed by atoms with Crippen molar-refractivity contribution in [3.8, 4) is 5.75 Å². The second kappa shape index (κ2) is 7.51. The van der Waals surface area contributed by atoms with Crippen LogP contribution in [0.4, 0.5) is 15.8 Å². The lowest BCUT2D eigenvalue weighted by molar-refractivity contribution is -0.405. The number of carbonyl (C=O) groups excluding carboxylic acids is 1. The Morgan fingerprint density at radius 1 is 1.14 bits per heavy atom. The van der Waals surface area contributed by atoms with Gasteiger partial charge in [0.05, 0.1) is 17.7 Å². The Morgan fingerprint density at radius 3 is 2.89 bits per heavy atom. The highest BCUT2D eigenvalue weighted by molar-refractivity contribution is 5.96. The first-order valence-electron chi connectivity index (χ1n) is 11.7. The Kier molecular flexibility index (Phi) is 4.48. The van der Waals surface area contributed by atoms with E-state index in [2.05, 4.69) is 10.6 Å². The smallest absolute Gasteiger partial charge is 0.262 e. The molecular formula is C25H23FN4O5. The molecule has 10 heteroatoms. The van der Waals surface area contributed by atoms with Gasteiger partial charge in [-0.25, -0.2) is 4.39 Å². The summed E-state index contributed by atoms with van der Waals surface area (Å²) in [6.07, 6.45) is 0.160. The van der Waals surface area contributed by atoms with Gasteiger partial charge in [-0.3, -0.25) is 9.59 Å². The number of fused-ring (bicyclic) bond motifs is 2. The van der Waals surface area contributed by atoms with Crippen LogP contribution in [0.1, 0.15) is 17.9 Å². The Balaban J connectivity index is 0.985. The molecule has 2 bridgehead atoms. The molecule has 2 aromatic carbocycles. The van der Waals surface area contributed by atoms with Crippen molar-refractivity contribution in [3.63, 3.8) is 0 Å². The number of ether oxygens (including phenoxy) is 3. The van der Waals surface area contributed by atoms with Crippen molar-refractivity contribution in [2.75, 3.05) is 36.5 Å². The summed E-state index contributed by atoms with van der Waals surface area (Å²) in [5.74, 6) is -0.624. The van der Waals surface area contributed by atoms with Gasteiger partial charge in [0.2, 0.25) is 6.41 Å². The topological polar surface area (TPSA) is 94.1 Å². The van der Waals surface area contributed by atoms with Crippen LogP contribution >= 0.6 is 0 Å². The molecule has 5 aliphatic heterocycles. The van der Waals surface area contributed by atoms with Crippen LogP contribution in [0.2, 0.25) is 0 Å². The van der Waals surface area contributed by atoms with Crippen LogP contribution in [0.5, 0.6) is 5.75 Å². The highest BCUT2D eigenvalue weighted by atomic mass is 19.1. The van der Waals surface area contributed by atoms with Crippen molar-refractivity contribution in [1.82, 2.24) is 9.88 Å². The minimum absolute atomic E-state index is 0.0203. The quantitative estimate of drug-likeness (QED) is 0.524. The summed E-state index contributed by atoms with van der Waals surface area (Å²) in [6.45, 7) is 2.21. The lowest BCUT2D eigenvalue weighted by Crippen LogP contribution is -2.49. The van der Waals surface area contributed by atoms with Gasteiger partial charge in [0.15, 0.2) is 12.4 Å². The maximum absolute atomic E-state index is 14.7. The molecule has 1 amide bonds. The standard InChI is InChI=1S/C25H23FN4O5/c26-17-4-1-14-2-6-21(32)29-11-15(22(17)23(14)29)10-27-8-7-25-13-30(24(34-25)35-25)16-3-5-19-18(9-16)28-20(31)12-33-19/h1-6,9,15,24,27H,7-8,10-13H2,(H,28,31). The number of nitrogens with one attached hydrogen (secondary N) is 2. The molecule has 9 nitrogen and oxygen atoms in total. The minimum atomic E-state index is -0.700. The van der Waals surface area contributed by atoms with Crippen molar-refractivity contribution in [3.05, 3.63) is 64.2 Å². The largest absolute Gasteiger partial charge is 0.482 e. The lowest BCUT2D eigenvalue weighted by Gasteiger charge is -2.37. The predicted octanol–water partition coefficient (Wildman–Crippen LogP) is 2.10. The third-order valence-corrected chi connectivity index (χ3v) is 7.25. The van der Waals surface area contributed by atoms with Crippen molar-refractivity contribution in [1.29, 1.82) is 0 Å². The molecule has 1 unspecified atom stereocenters. The maximum Gasteiger partial charge on any atom is 0.262 e. The fourth-order valence-corrected chi connectivity index (χ4v) is 5.57. The molecule has 5 aliphatic rings. The van der Waals surface area contributed by atoms with E-state index in [1.54, 1.807) is 16.7 Å². The second-order valence-corrected chi connectivity index (χ2v) is 9.43. The number of halogens is 1. The van der Waals surface area contributed by atoms with E-state index in [1.807, 2.05) is 23.1 Å². The SMILES string of the molecule is O=C1COc2ccc(N3CC4(CCNCC5Cn6c(=O)ccc7ccc(F)c5c76)OC3O4)cc2N1. The Bertz CT molecular complexity index is 1430. The normalized spacial score (nSPS) is 25.9. The highest BCUT2D eigenvalue weighted by Gasteiger charge is 2.58. The van der Waals surface area contributed by atoms with Crippen molar-refractivity contribution < 1.29 is 23.4 Å². The number of amides is 1. The number of nitrogens with zero attached hydrogens (tertiary/aromatic N) is 2. The summed E-state index contributed by atoms with van der Waals surface area (Å²) in [4.78, 5) is 25.9. The van der Waals surface area contributed by atoms with E-state index in [9.17, 15) is 14.0 Å². The van der Waals surface area contributed by atoms with Gasteiger partial charge in [-0.2, -0.15) is 0 Å². The number of benzene rings is 2. The predicted molar refractivity (Wildman–Crippen MR) is 125 cm³/mol. The molecule has 0 radical (unpaired) electrons. The zero-order valence-corrected chi connectivity index (χ0v) is 18.8. The van der Waals surface area contributed by atoms with Gasteiger partial charge in [0.25, 0.3) is 11.5 Å².